The molecule has 3 N–H and O–H groups in total. The topological polar surface area (TPSA) is 131 Å². The third kappa shape index (κ3) is 11.1. The Morgan fingerprint density at radius 3 is 2.42 bits per heavy atom. The van der Waals surface area contributed by atoms with Crippen LogP contribution in [-0.4, -0.2) is 53.7 Å². The lowest BCUT2D eigenvalue weighted by Gasteiger charge is -2.29. The quantitative estimate of drug-likeness (QED) is 0.346. The number of halogens is 1. The van der Waals surface area contributed by atoms with Crippen molar-refractivity contribution in [3.8, 4) is 5.75 Å². The molecular formula is C35H43ClN2O7. The van der Waals surface area contributed by atoms with Crippen LogP contribution in [-0.2, 0) is 35.1 Å². The Morgan fingerprint density at radius 1 is 1.04 bits per heavy atom. The van der Waals surface area contributed by atoms with E-state index in [1.807, 2.05) is 63.3 Å². The average molecular weight is 639 g/mol. The van der Waals surface area contributed by atoms with Crippen molar-refractivity contribution in [2.45, 2.75) is 72.1 Å². The number of phenols is 1. The molecule has 45 heavy (non-hydrogen) atoms. The van der Waals surface area contributed by atoms with E-state index < -0.39 is 47.4 Å². The summed E-state index contributed by atoms with van der Waals surface area (Å²) >= 11 is 6.07. The lowest BCUT2D eigenvalue weighted by Crippen LogP contribution is -2.51. The summed E-state index contributed by atoms with van der Waals surface area (Å²) in [5, 5.41) is 15.4. The molecule has 0 bridgehead atoms. The zero-order valence-corrected chi connectivity index (χ0v) is 27.2. The third-order valence-electron chi connectivity index (χ3n) is 7.42. The summed E-state index contributed by atoms with van der Waals surface area (Å²) in [6, 6.07) is 13.2. The first kappa shape index (κ1) is 35.4. The molecule has 1 heterocycles. The maximum atomic E-state index is 13.4. The fourth-order valence-corrected chi connectivity index (χ4v) is 4.81. The smallest absolute Gasteiger partial charge is 0.347 e. The normalized spacial score (nSPS) is 23.1. The molecule has 1 aliphatic rings. The summed E-state index contributed by atoms with van der Waals surface area (Å²) in [7, 11) is 0. The second-order valence-electron chi connectivity index (χ2n) is 12.4. The monoisotopic (exact) mass is 638 g/mol. The van der Waals surface area contributed by atoms with Gasteiger partial charge in [-0.2, -0.15) is 0 Å². The summed E-state index contributed by atoms with van der Waals surface area (Å²) in [6.07, 6.45) is 5.46. The van der Waals surface area contributed by atoms with Crippen LogP contribution in [0.1, 0.15) is 58.6 Å². The molecule has 0 saturated carbocycles. The second kappa shape index (κ2) is 16.3. The summed E-state index contributed by atoms with van der Waals surface area (Å²) in [6.45, 7) is 8.82. The van der Waals surface area contributed by atoms with E-state index in [2.05, 4.69) is 10.6 Å². The Bertz CT molecular complexity index is 1400. The molecule has 2 amide bonds. The molecule has 0 spiro atoms. The zero-order chi connectivity index (χ0) is 33.1. The highest BCUT2D eigenvalue weighted by Crippen LogP contribution is 2.25. The molecule has 2 aromatic rings. The van der Waals surface area contributed by atoms with Crippen LogP contribution in [0.15, 0.2) is 66.8 Å². The van der Waals surface area contributed by atoms with Crippen molar-refractivity contribution >= 4 is 41.4 Å². The number of aromatic hydroxyl groups is 1. The zero-order valence-electron chi connectivity index (χ0n) is 26.4. The average Bonchev–Trinajstić information content (AvgIpc) is 2.99. The van der Waals surface area contributed by atoms with Crippen LogP contribution in [0.2, 0.25) is 5.02 Å². The molecule has 3 rings (SSSR count). The van der Waals surface area contributed by atoms with Gasteiger partial charge in [0, 0.05) is 25.3 Å². The Morgan fingerprint density at radius 2 is 1.76 bits per heavy atom. The van der Waals surface area contributed by atoms with Crippen molar-refractivity contribution in [3.05, 3.63) is 82.9 Å². The number of carbonyl (C=O) groups is 4. The standard InChI is InChI=1S/C35H43ClN2O7/c1-22(2)18-30-33(42)44-29(23(3)14-15-24-10-7-6-8-11-24)12-9-13-31(40)38-27(20-25-16-17-28(39)26(36)19-25)32(41)37-21-35(4,5)34(43)45-30/h6-11,13-17,19,22-23,27,29-30,39H,12,18,20-21H2,1-5H3,(H,37,41)(H,38,40)/b13-9+,15-14+/t23-,27-,29?,30?/m1/s1. The van der Waals surface area contributed by atoms with Crippen molar-refractivity contribution in [3.63, 3.8) is 0 Å². The summed E-state index contributed by atoms with van der Waals surface area (Å²) in [4.78, 5) is 53.1. The van der Waals surface area contributed by atoms with Gasteiger partial charge < -0.3 is 25.2 Å². The third-order valence-corrected chi connectivity index (χ3v) is 7.73. The lowest BCUT2D eigenvalue weighted by molar-refractivity contribution is -0.178. The van der Waals surface area contributed by atoms with E-state index in [1.54, 1.807) is 26.0 Å². The number of esters is 2. The molecular weight excluding hydrogens is 596 g/mol. The van der Waals surface area contributed by atoms with Gasteiger partial charge in [0.2, 0.25) is 11.8 Å². The summed E-state index contributed by atoms with van der Waals surface area (Å²) < 4.78 is 11.7. The lowest BCUT2D eigenvalue weighted by atomic mass is 9.93. The van der Waals surface area contributed by atoms with Crippen molar-refractivity contribution < 1.29 is 33.8 Å². The predicted octanol–water partition coefficient (Wildman–Crippen LogP) is 5.39. The van der Waals surface area contributed by atoms with Crippen molar-refractivity contribution in [2.24, 2.45) is 17.3 Å². The molecule has 0 radical (unpaired) electrons. The van der Waals surface area contributed by atoms with Crippen molar-refractivity contribution in [1.82, 2.24) is 10.6 Å². The minimum atomic E-state index is -1.20. The summed E-state index contributed by atoms with van der Waals surface area (Å²) in [5.41, 5.74) is 0.383. The van der Waals surface area contributed by atoms with Gasteiger partial charge >= 0.3 is 11.9 Å². The second-order valence-corrected chi connectivity index (χ2v) is 12.8. The number of rotatable bonds is 7. The minimum Gasteiger partial charge on any atom is -0.506 e. The molecule has 1 aliphatic heterocycles. The number of amides is 2. The van der Waals surface area contributed by atoms with Gasteiger partial charge in [-0.3, -0.25) is 14.4 Å². The highest BCUT2D eigenvalue weighted by molar-refractivity contribution is 6.32. The molecule has 2 aromatic carbocycles. The van der Waals surface area contributed by atoms with Crippen molar-refractivity contribution in [1.29, 1.82) is 0 Å². The van der Waals surface area contributed by atoms with Crippen LogP contribution in [0.4, 0.5) is 0 Å². The van der Waals surface area contributed by atoms with E-state index in [4.69, 9.17) is 21.1 Å². The molecule has 0 fully saturated rings. The number of carbonyl (C=O) groups excluding carboxylic acids is 4. The van der Waals surface area contributed by atoms with E-state index in [0.29, 0.717) is 5.56 Å². The van der Waals surface area contributed by atoms with E-state index in [0.717, 1.165) is 5.56 Å². The maximum Gasteiger partial charge on any atom is 0.347 e. The van der Waals surface area contributed by atoms with Gasteiger partial charge in [0.15, 0.2) is 6.10 Å². The highest BCUT2D eigenvalue weighted by atomic mass is 35.5. The van der Waals surface area contributed by atoms with Crippen LogP contribution in [0.5, 0.6) is 5.75 Å². The van der Waals surface area contributed by atoms with E-state index in [1.165, 1.54) is 18.2 Å². The van der Waals surface area contributed by atoms with E-state index in [9.17, 15) is 24.3 Å². The van der Waals surface area contributed by atoms with Gasteiger partial charge in [-0.05, 0) is 55.5 Å². The number of nitrogens with one attached hydrogen (secondary N) is 2. The number of phenolic OH excluding ortho intramolecular Hbond substituents is 1. The number of hydrogen-bond acceptors (Lipinski definition) is 7. The number of benzene rings is 2. The van der Waals surface area contributed by atoms with Gasteiger partial charge in [-0.25, -0.2) is 4.79 Å². The van der Waals surface area contributed by atoms with Gasteiger partial charge in [0.05, 0.1) is 10.4 Å². The minimum absolute atomic E-state index is 0.0235. The van der Waals surface area contributed by atoms with Crippen LogP contribution in [0.3, 0.4) is 0 Å². The predicted molar refractivity (Wildman–Crippen MR) is 173 cm³/mol. The molecule has 9 nitrogen and oxygen atoms in total. The van der Waals surface area contributed by atoms with E-state index in [-0.39, 0.29) is 48.4 Å². The van der Waals surface area contributed by atoms with Crippen LogP contribution < -0.4 is 10.6 Å². The molecule has 4 atom stereocenters. The Hall–Kier alpha value is -4.11. The van der Waals surface area contributed by atoms with E-state index >= 15 is 0 Å². The van der Waals surface area contributed by atoms with Crippen LogP contribution >= 0.6 is 11.6 Å². The van der Waals surface area contributed by atoms with Gasteiger partial charge in [-0.1, -0.05) is 87.0 Å². The van der Waals surface area contributed by atoms with Crippen LogP contribution in [0, 0.1) is 17.3 Å². The largest absolute Gasteiger partial charge is 0.506 e. The Kier molecular flexibility index (Phi) is 12.8. The SMILES string of the molecule is CC(C)CC1OC(=O)C(C)(C)CNC(=O)[C@@H](Cc2ccc(O)c(Cl)c2)NC(=O)/C=C/CC([C@H](C)/C=C/c2ccccc2)OC1=O. The van der Waals surface area contributed by atoms with Gasteiger partial charge in [0.1, 0.15) is 17.9 Å². The van der Waals surface area contributed by atoms with Gasteiger partial charge in [0.25, 0.3) is 0 Å². The first-order valence-electron chi connectivity index (χ1n) is 15.1. The van der Waals surface area contributed by atoms with Gasteiger partial charge in [-0.15, -0.1) is 0 Å². The molecule has 10 heteroatoms. The molecule has 0 saturated heterocycles. The fraction of sp³-hybridized carbons (Fsp3) is 0.429. The first-order chi connectivity index (χ1) is 21.2. The van der Waals surface area contributed by atoms with Crippen LogP contribution in [0.25, 0.3) is 6.08 Å². The number of ether oxygens (including phenoxy) is 2. The first-order valence-corrected chi connectivity index (χ1v) is 15.5. The highest BCUT2D eigenvalue weighted by Gasteiger charge is 2.37. The molecule has 2 unspecified atom stereocenters. The number of cyclic esters (lactones) is 2. The summed E-state index contributed by atoms with van der Waals surface area (Å²) in [5.74, 6) is -2.73. The Labute approximate surface area is 270 Å². The number of hydrogen-bond donors (Lipinski definition) is 3. The molecule has 242 valence electrons. The van der Waals surface area contributed by atoms with Crippen molar-refractivity contribution in [2.75, 3.05) is 6.54 Å². The Balaban J connectivity index is 1.93. The molecule has 0 aliphatic carbocycles. The molecule has 0 aromatic heterocycles. The fourth-order valence-electron chi connectivity index (χ4n) is 4.61. The maximum absolute atomic E-state index is 13.4.